The summed E-state index contributed by atoms with van der Waals surface area (Å²) < 4.78 is 5.25. The third-order valence-corrected chi connectivity index (χ3v) is 1.84. The number of hydrogen-bond donors (Lipinski definition) is 0. The molecule has 1 atom stereocenters. The first-order valence-corrected chi connectivity index (χ1v) is 4.38. The standard InChI is InChI=1S/C10H16O2/c1-10(2,3)9(11)12-8-6-4-5-7-8/h4,6,8H,5,7H2,1-3H3/t8-/m1/s1. The van der Waals surface area contributed by atoms with Crippen LogP contribution in [-0.4, -0.2) is 12.1 Å². The Labute approximate surface area is 73.6 Å². The summed E-state index contributed by atoms with van der Waals surface area (Å²) in [4.78, 5) is 11.4. The Hall–Kier alpha value is -0.790. The van der Waals surface area contributed by atoms with Gasteiger partial charge in [0.2, 0.25) is 0 Å². The van der Waals surface area contributed by atoms with E-state index in [4.69, 9.17) is 4.74 Å². The minimum absolute atomic E-state index is 0.0247. The fraction of sp³-hybridized carbons (Fsp3) is 0.700. The molecule has 0 saturated heterocycles. The summed E-state index contributed by atoms with van der Waals surface area (Å²) in [5.74, 6) is -0.112. The first-order valence-electron chi connectivity index (χ1n) is 4.38. The summed E-state index contributed by atoms with van der Waals surface area (Å²) in [5.41, 5.74) is -0.379. The van der Waals surface area contributed by atoms with Crippen molar-refractivity contribution in [2.75, 3.05) is 0 Å². The lowest BCUT2D eigenvalue weighted by atomic mass is 9.97. The molecule has 0 aromatic carbocycles. The Morgan fingerprint density at radius 3 is 2.58 bits per heavy atom. The highest BCUT2D eigenvalue weighted by molar-refractivity contribution is 5.75. The number of carbonyl (C=O) groups excluding carboxylic acids is 1. The maximum Gasteiger partial charge on any atom is 0.311 e. The van der Waals surface area contributed by atoms with Crippen LogP contribution in [0.2, 0.25) is 0 Å². The molecule has 2 nitrogen and oxygen atoms in total. The van der Waals surface area contributed by atoms with Crippen molar-refractivity contribution < 1.29 is 9.53 Å². The molecule has 1 aliphatic carbocycles. The number of allylic oxidation sites excluding steroid dienone is 1. The predicted molar refractivity (Wildman–Crippen MR) is 47.7 cm³/mol. The second kappa shape index (κ2) is 3.30. The van der Waals surface area contributed by atoms with Crippen LogP contribution in [0.15, 0.2) is 12.2 Å². The molecule has 0 amide bonds. The van der Waals surface area contributed by atoms with E-state index in [0.717, 1.165) is 12.8 Å². The van der Waals surface area contributed by atoms with Crippen molar-refractivity contribution >= 4 is 5.97 Å². The molecule has 0 aromatic heterocycles. The van der Waals surface area contributed by atoms with Crippen LogP contribution in [0, 0.1) is 5.41 Å². The summed E-state index contributed by atoms with van der Waals surface area (Å²) in [6, 6.07) is 0. The summed E-state index contributed by atoms with van der Waals surface area (Å²) in [6.07, 6.45) is 6.02. The van der Waals surface area contributed by atoms with Gasteiger partial charge in [0, 0.05) is 0 Å². The third-order valence-electron chi connectivity index (χ3n) is 1.84. The zero-order chi connectivity index (χ0) is 9.19. The molecular weight excluding hydrogens is 152 g/mol. The molecule has 2 heteroatoms. The molecule has 0 fully saturated rings. The molecule has 0 radical (unpaired) electrons. The molecule has 12 heavy (non-hydrogen) atoms. The predicted octanol–water partition coefficient (Wildman–Crippen LogP) is 2.29. The monoisotopic (exact) mass is 168 g/mol. The number of esters is 1. The molecule has 0 aromatic rings. The van der Waals surface area contributed by atoms with Crippen LogP contribution in [0.4, 0.5) is 0 Å². The number of ether oxygens (including phenoxy) is 1. The fourth-order valence-corrected chi connectivity index (χ4v) is 1.02. The van der Waals surface area contributed by atoms with Gasteiger partial charge in [-0.15, -0.1) is 0 Å². The zero-order valence-corrected chi connectivity index (χ0v) is 7.96. The van der Waals surface area contributed by atoms with Gasteiger partial charge in [0.15, 0.2) is 0 Å². The second-order valence-electron chi connectivity index (χ2n) is 4.20. The number of carbonyl (C=O) groups is 1. The van der Waals surface area contributed by atoms with E-state index in [0.29, 0.717) is 0 Å². The van der Waals surface area contributed by atoms with E-state index in [9.17, 15) is 4.79 Å². The first kappa shape index (κ1) is 9.30. The summed E-state index contributed by atoms with van der Waals surface area (Å²) in [5, 5.41) is 0. The minimum Gasteiger partial charge on any atom is -0.458 e. The van der Waals surface area contributed by atoms with Gasteiger partial charge < -0.3 is 4.74 Å². The van der Waals surface area contributed by atoms with E-state index < -0.39 is 0 Å². The molecule has 0 aliphatic heterocycles. The molecule has 0 heterocycles. The largest absolute Gasteiger partial charge is 0.458 e. The molecular formula is C10H16O2. The maximum atomic E-state index is 11.4. The second-order valence-corrected chi connectivity index (χ2v) is 4.20. The maximum absolute atomic E-state index is 11.4. The topological polar surface area (TPSA) is 26.3 Å². The average Bonchev–Trinajstić information content (AvgIpc) is 2.37. The van der Waals surface area contributed by atoms with Crippen LogP contribution in [-0.2, 0) is 9.53 Å². The van der Waals surface area contributed by atoms with E-state index in [1.54, 1.807) is 0 Å². The lowest BCUT2D eigenvalue weighted by Gasteiger charge is -2.19. The smallest absolute Gasteiger partial charge is 0.311 e. The Balaban J connectivity index is 2.41. The SMILES string of the molecule is CC(C)(C)C(=O)O[C@@H]1C=CCC1. The lowest BCUT2D eigenvalue weighted by molar-refractivity contribution is -0.156. The lowest BCUT2D eigenvalue weighted by Crippen LogP contribution is -2.26. The van der Waals surface area contributed by atoms with Gasteiger partial charge in [0.05, 0.1) is 5.41 Å². The van der Waals surface area contributed by atoms with E-state index in [1.165, 1.54) is 0 Å². The van der Waals surface area contributed by atoms with Gasteiger partial charge in [-0.3, -0.25) is 4.79 Å². The Morgan fingerprint density at radius 2 is 2.17 bits per heavy atom. The van der Waals surface area contributed by atoms with E-state index in [2.05, 4.69) is 6.08 Å². The van der Waals surface area contributed by atoms with E-state index in [-0.39, 0.29) is 17.5 Å². The Bertz CT molecular complexity index is 198. The van der Waals surface area contributed by atoms with Crippen molar-refractivity contribution in [1.29, 1.82) is 0 Å². The molecule has 0 spiro atoms. The zero-order valence-electron chi connectivity index (χ0n) is 7.96. The van der Waals surface area contributed by atoms with Crippen LogP contribution >= 0.6 is 0 Å². The molecule has 0 saturated carbocycles. The molecule has 1 rings (SSSR count). The third kappa shape index (κ3) is 2.36. The van der Waals surface area contributed by atoms with Gasteiger partial charge in [0.1, 0.15) is 6.10 Å². The summed E-state index contributed by atoms with van der Waals surface area (Å²) in [6.45, 7) is 5.61. The molecule has 0 unspecified atom stereocenters. The van der Waals surface area contributed by atoms with Crippen molar-refractivity contribution in [3.63, 3.8) is 0 Å². The highest BCUT2D eigenvalue weighted by Gasteiger charge is 2.25. The van der Waals surface area contributed by atoms with E-state index in [1.807, 2.05) is 26.8 Å². The number of hydrogen-bond acceptors (Lipinski definition) is 2. The highest BCUT2D eigenvalue weighted by atomic mass is 16.5. The fourth-order valence-electron chi connectivity index (χ4n) is 1.02. The number of rotatable bonds is 1. The van der Waals surface area contributed by atoms with Crippen molar-refractivity contribution in [2.45, 2.75) is 39.7 Å². The van der Waals surface area contributed by atoms with Crippen molar-refractivity contribution in [1.82, 2.24) is 0 Å². The van der Waals surface area contributed by atoms with Crippen LogP contribution in [0.25, 0.3) is 0 Å². The van der Waals surface area contributed by atoms with Crippen molar-refractivity contribution in [2.24, 2.45) is 5.41 Å². The summed E-state index contributed by atoms with van der Waals surface area (Å²) >= 11 is 0. The quantitative estimate of drug-likeness (QED) is 0.443. The van der Waals surface area contributed by atoms with E-state index >= 15 is 0 Å². The summed E-state index contributed by atoms with van der Waals surface area (Å²) in [7, 11) is 0. The van der Waals surface area contributed by atoms with Gasteiger partial charge in [-0.2, -0.15) is 0 Å². The average molecular weight is 168 g/mol. The van der Waals surface area contributed by atoms with Crippen LogP contribution in [0.5, 0.6) is 0 Å². The van der Waals surface area contributed by atoms with Gasteiger partial charge in [-0.05, 0) is 39.7 Å². The highest BCUT2D eigenvalue weighted by Crippen LogP contribution is 2.20. The molecule has 0 N–H and O–H groups in total. The normalized spacial score (nSPS) is 22.8. The van der Waals surface area contributed by atoms with Gasteiger partial charge in [-0.1, -0.05) is 6.08 Å². The van der Waals surface area contributed by atoms with Gasteiger partial charge in [0.25, 0.3) is 0 Å². The van der Waals surface area contributed by atoms with Crippen LogP contribution in [0.3, 0.4) is 0 Å². The minimum atomic E-state index is -0.379. The molecule has 68 valence electrons. The van der Waals surface area contributed by atoms with Crippen molar-refractivity contribution in [3.05, 3.63) is 12.2 Å². The first-order chi connectivity index (χ1) is 5.50. The van der Waals surface area contributed by atoms with Crippen LogP contribution < -0.4 is 0 Å². The Kier molecular flexibility index (Phi) is 2.55. The van der Waals surface area contributed by atoms with Gasteiger partial charge >= 0.3 is 5.97 Å². The van der Waals surface area contributed by atoms with Crippen molar-refractivity contribution in [3.8, 4) is 0 Å². The molecule has 0 bridgehead atoms. The Morgan fingerprint density at radius 1 is 1.50 bits per heavy atom. The molecule has 1 aliphatic rings. The van der Waals surface area contributed by atoms with Crippen LogP contribution in [0.1, 0.15) is 33.6 Å². The van der Waals surface area contributed by atoms with Gasteiger partial charge in [-0.25, -0.2) is 0 Å².